The van der Waals surface area contributed by atoms with Gasteiger partial charge in [-0.25, -0.2) is 4.98 Å². The molecule has 0 N–H and O–H groups in total. The smallest absolute Gasteiger partial charge is 0.0897 e. The molecule has 0 saturated heterocycles. The van der Waals surface area contributed by atoms with E-state index in [9.17, 15) is 8.76 Å². The molecule has 0 aliphatic rings. The summed E-state index contributed by atoms with van der Waals surface area (Å²) in [5.41, 5.74) is 5.21. The Balaban J connectivity index is 1.92. The van der Waals surface area contributed by atoms with Crippen molar-refractivity contribution in [3.8, 4) is 11.3 Å². The molecule has 5 nitrogen and oxygen atoms in total. The quantitative estimate of drug-likeness (QED) is 0.668. The van der Waals surface area contributed by atoms with Crippen LogP contribution in [-0.2, 0) is 23.4 Å². The molecule has 2 aromatic heterocycles. The molecule has 2 heterocycles. The summed E-state index contributed by atoms with van der Waals surface area (Å²) in [6, 6.07) is 13.9. The van der Waals surface area contributed by atoms with E-state index in [1.54, 1.807) is 12.3 Å². The SMILES string of the molecule is CN(C)Cc1ccc(-c2ccc3ncc(CS(=O)[O-])cc3n2)cc1. The van der Waals surface area contributed by atoms with Crippen molar-refractivity contribution in [2.75, 3.05) is 14.1 Å². The van der Waals surface area contributed by atoms with Gasteiger partial charge in [0.1, 0.15) is 0 Å². The number of nitrogens with zero attached hydrogens (tertiary/aromatic N) is 3. The number of hydrogen-bond donors (Lipinski definition) is 0. The van der Waals surface area contributed by atoms with Crippen molar-refractivity contribution in [1.82, 2.24) is 14.9 Å². The van der Waals surface area contributed by atoms with Crippen molar-refractivity contribution in [1.29, 1.82) is 0 Å². The van der Waals surface area contributed by atoms with Gasteiger partial charge in [0.05, 0.1) is 16.7 Å². The van der Waals surface area contributed by atoms with Gasteiger partial charge in [-0.3, -0.25) is 9.19 Å². The van der Waals surface area contributed by atoms with Gasteiger partial charge in [0.2, 0.25) is 0 Å². The fourth-order valence-corrected chi connectivity index (χ4v) is 3.00. The Morgan fingerprint density at radius 3 is 2.46 bits per heavy atom. The van der Waals surface area contributed by atoms with Crippen LogP contribution in [0.5, 0.6) is 0 Å². The number of aromatic nitrogens is 2. The van der Waals surface area contributed by atoms with Crippen LogP contribution in [0, 0.1) is 0 Å². The molecule has 24 heavy (non-hydrogen) atoms. The normalized spacial score (nSPS) is 12.7. The Hall–Kier alpha value is -2.15. The molecule has 1 atom stereocenters. The lowest BCUT2D eigenvalue weighted by Crippen LogP contribution is -2.10. The third kappa shape index (κ3) is 4.03. The van der Waals surface area contributed by atoms with Crippen molar-refractivity contribution < 1.29 is 8.76 Å². The van der Waals surface area contributed by atoms with Crippen LogP contribution in [0.2, 0.25) is 0 Å². The highest BCUT2D eigenvalue weighted by atomic mass is 32.2. The van der Waals surface area contributed by atoms with Gasteiger partial charge in [-0.15, -0.1) is 0 Å². The second-order valence-electron chi connectivity index (χ2n) is 5.96. The molecule has 3 aromatic rings. The third-order valence-electron chi connectivity index (χ3n) is 3.63. The Morgan fingerprint density at radius 2 is 1.79 bits per heavy atom. The largest absolute Gasteiger partial charge is 0.772 e. The Bertz CT molecular complexity index is 879. The van der Waals surface area contributed by atoms with E-state index in [4.69, 9.17) is 0 Å². The molecule has 0 amide bonds. The van der Waals surface area contributed by atoms with Gasteiger partial charge in [0.15, 0.2) is 0 Å². The molecule has 0 aliphatic heterocycles. The Kier molecular flexibility index (Phi) is 4.99. The summed E-state index contributed by atoms with van der Waals surface area (Å²) in [6.45, 7) is 0.894. The van der Waals surface area contributed by atoms with Crippen LogP contribution in [0.1, 0.15) is 11.1 Å². The molecular formula is C18H18N3O2S-. The van der Waals surface area contributed by atoms with Crippen molar-refractivity contribution in [2.24, 2.45) is 0 Å². The number of hydrogen-bond acceptors (Lipinski definition) is 5. The summed E-state index contributed by atoms with van der Waals surface area (Å²) < 4.78 is 21.7. The van der Waals surface area contributed by atoms with Gasteiger partial charge in [-0.2, -0.15) is 0 Å². The molecule has 6 heteroatoms. The lowest BCUT2D eigenvalue weighted by Gasteiger charge is -2.10. The number of benzene rings is 1. The van der Waals surface area contributed by atoms with Crippen molar-refractivity contribution in [3.63, 3.8) is 0 Å². The highest BCUT2D eigenvalue weighted by molar-refractivity contribution is 7.78. The van der Waals surface area contributed by atoms with Crippen LogP contribution in [0.15, 0.2) is 48.7 Å². The van der Waals surface area contributed by atoms with Gasteiger partial charge < -0.3 is 9.45 Å². The predicted octanol–water partition coefficient (Wildman–Crippen LogP) is 2.74. The summed E-state index contributed by atoms with van der Waals surface area (Å²) in [5.74, 6) is -0.0475. The predicted molar refractivity (Wildman–Crippen MR) is 95.0 cm³/mol. The molecule has 0 bridgehead atoms. The average molecular weight is 340 g/mol. The minimum Gasteiger partial charge on any atom is -0.772 e. The molecule has 0 fully saturated rings. The van der Waals surface area contributed by atoms with E-state index in [0.717, 1.165) is 23.3 Å². The van der Waals surface area contributed by atoms with E-state index >= 15 is 0 Å². The number of pyridine rings is 2. The zero-order valence-corrected chi connectivity index (χ0v) is 14.4. The van der Waals surface area contributed by atoms with Gasteiger partial charge in [-0.05, 0) is 43.4 Å². The van der Waals surface area contributed by atoms with Gasteiger partial charge in [-0.1, -0.05) is 35.3 Å². The first-order valence-electron chi connectivity index (χ1n) is 7.57. The maximum absolute atomic E-state index is 10.8. The first-order valence-corrected chi connectivity index (χ1v) is 8.81. The number of fused-ring (bicyclic) bond motifs is 1. The minimum absolute atomic E-state index is 0.0475. The van der Waals surface area contributed by atoms with Crippen molar-refractivity contribution in [3.05, 3.63) is 59.8 Å². The summed E-state index contributed by atoms with van der Waals surface area (Å²) >= 11 is -2.13. The second kappa shape index (κ2) is 7.17. The topological polar surface area (TPSA) is 69.2 Å². The van der Waals surface area contributed by atoms with Gasteiger partial charge in [0, 0.05) is 24.1 Å². The molecule has 124 valence electrons. The fraction of sp³-hybridized carbons (Fsp3) is 0.222. The zero-order chi connectivity index (χ0) is 17.1. The summed E-state index contributed by atoms with van der Waals surface area (Å²) in [5, 5.41) is 0. The van der Waals surface area contributed by atoms with Crippen LogP contribution in [0.4, 0.5) is 0 Å². The summed E-state index contributed by atoms with van der Waals surface area (Å²) in [6.07, 6.45) is 1.58. The van der Waals surface area contributed by atoms with E-state index < -0.39 is 11.1 Å². The zero-order valence-electron chi connectivity index (χ0n) is 13.6. The number of rotatable bonds is 5. The van der Waals surface area contributed by atoms with E-state index in [-0.39, 0.29) is 5.75 Å². The second-order valence-corrected chi connectivity index (χ2v) is 6.86. The molecule has 0 spiro atoms. The lowest BCUT2D eigenvalue weighted by atomic mass is 10.1. The highest BCUT2D eigenvalue weighted by Crippen LogP contribution is 2.21. The molecule has 0 aliphatic carbocycles. The summed E-state index contributed by atoms with van der Waals surface area (Å²) in [4.78, 5) is 11.0. The molecule has 1 aromatic carbocycles. The fourth-order valence-electron chi connectivity index (χ4n) is 2.57. The maximum Gasteiger partial charge on any atom is 0.0897 e. The van der Waals surface area contributed by atoms with E-state index in [0.29, 0.717) is 11.1 Å². The lowest BCUT2D eigenvalue weighted by molar-refractivity contribution is 0.402. The molecule has 3 rings (SSSR count). The highest BCUT2D eigenvalue weighted by Gasteiger charge is 2.05. The van der Waals surface area contributed by atoms with E-state index in [1.807, 2.05) is 26.2 Å². The van der Waals surface area contributed by atoms with E-state index in [2.05, 4.69) is 39.1 Å². The van der Waals surface area contributed by atoms with Crippen LogP contribution < -0.4 is 0 Å². The third-order valence-corrected chi connectivity index (χ3v) is 4.20. The maximum atomic E-state index is 10.8. The van der Waals surface area contributed by atoms with Crippen molar-refractivity contribution in [2.45, 2.75) is 12.3 Å². The molecule has 0 saturated carbocycles. The van der Waals surface area contributed by atoms with Crippen molar-refractivity contribution >= 4 is 22.1 Å². The van der Waals surface area contributed by atoms with E-state index in [1.165, 1.54) is 5.56 Å². The van der Waals surface area contributed by atoms with Crippen LogP contribution in [-0.4, -0.2) is 37.7 Å². The van der Waals surface area contributed by atoms with Crippen LogP contribution >= 0.6 is 0 Å². The first kappa shape index (κ1) is 16.7. The Labute approximate surface area is 143 Å². The standard InChI is InChI=1S/C18H19N3O2S/c1-21(2)11-13-3-5-15(6-4-13)16-7-8-17-18(20-16)9-14(10-19-17)12-24(22)23/h3-10H,11-12H2,1-2H3,(H,22,23)/p-1. The average Bonchev–Trinajstić information content (AvgIpc) is 2.54. The van der Waals surface area contributed by atoms with Crippen LogP contribution in [0.25, 0.3) is 22.3 Å². The van der Waals surface area contributed by atoms with Gasteiger partial charge in [0.25, 0.3) is 0 Å². The van der Waals surface area contributed by atoms with Crippen LogP contribution in [0.3, 0.4) is 0 Å². The molecule has 0 radical (unpaired) electrons. The minimum atomic E-state index is -2.13. The first-order chi connectivity index (χ1) is 11.5. The monoisotopic (exact) mass is 340 g/mol. The summed E-state index contributed by atoms with van der Waals surface area (Å²) in [7, 11) is 4.08. The molecule has 1 unspecified atom stereocenters. The Morgan fingerprint density at radius 1 is 1.04 bits per heavy atom. The van der Waals surface area contributed by atoms with Gasteiger partial charge >= 0.3 is 0 Å². The molecular weight excluding hydrogens is 322 g/mol.